The van der Waals surface area contributed by atoms with Gasteiger partial charge in [0.2, 0.25) is 17.7 Å². The number of nitrogens with one attached hydrogen (secondary N) is 1. The zero-order valence-corrected chi connectivity index (χ0v) is 18.3. The van der Waals surface area contributed by atoms with Gasteiger partial charge in [-0.15, -0.1) is 22.7 Å². The van der Waals surface area contributed by atoms with Gasteiger partial charge in [-0.25, -0.2) is 9.97 Å². The second-order valence-corrected chi connectivity index (χ2v) is 10.5. The van der Waals surface area contributed by atoms with Crippen molar-refractivity contribution in [3.63, 3.8) is 0 Å². The molecule has 1 saturated heterocycles. The van der Waals surface area contributed by atoms with E-state index in [4.69, 9.17) is 0 Å². The minimum atomic E-state index is -0.161. The highest BCUT2D eigenvalue weighted by Gasteiger charge is 2.48. The number of thiazole rings is 2. The van der Waals surface area contributed by atoms with Crippen LogP contribution in [0.4, 0.5) is 10.8 Å². The maximum absolute atomic E-state index is 12.8. The molecule has 1 aliphatic heterocycles. The monoisotopic (exact) mass is 458 g/mol. The normalized spacial score (nSPS) is 21.3. The van der Waals surface area contributed by atoms with E-state index in [1.54, 1.807) is 17.6 Å². The summed E-state index contributed by atoms with van der Waals surface area (Å²) >= 11 is 4.19. The molecule has 0 spiro atoms. The molecule has 0 unspecified atom stereocenters. The third-order valence-corrected chi connectivity index (χ3v) is 8.31. The molecule has 0 radical (unpaired) electrons. The Balaban J connectivity index is 1.31. The van der Waals surface area contributed by atoms with E-state index >= 15 is 0 Å². The molecule has 154 valence electrons. The predicted octanol–water partition coefficient (Wildman–Crippen LogP) is 4.16. The Hall–Kier alpha value is -2.30. The summed E-state index contributed by atoms with van der Waals surface area (Å²) < 4.78 is 1.66. The average Bonchev–Trinajstić information content (AvgIpc) is 3.46. The molecule has 10 heteroatoms. The number of thioether (sulfide) groups is 1. The van der Waals surface area contributed by atoms with Crippen LogP contribution in [0.25, 0.3) is 10.2 Å². The summed E-state index contributed by atoms with van der Waals surface area (Å²) in [6.07, 6.45) is 5.28. The van der Waals surface area contributed by atoms with E-state index in [2.05, 4.69) is 15.3 Å². The number of amides is 3. The molecular formula is C20H18N4O3S3. The van der Waals surface area contributed by atoms with Gasteiger partial charge in [-0.05, 0) is 31.0 Å². The fourth-order valence-electron chi connectivity index (χ4n) is 4.08. The summed E-state index contributed by atoms with van der Waals surface area (Å²) in [6.45, 7) is 0. The third-order valence-electron chi connectivity index (χ3n) is 5.46. The number of hydrogen-bond donors (Lipinski definition) is 1. The molecule has 2 aromatic heterocycles. The summed E-state index contributed by atoms with van der Waals surface area (Å²) in [5.41, 5.74) is 1.41. The van der Waals surface area contributed by atoms with Crippen LogP contribution in [0.2, 0.25) is 0 Å². The molecule has 2 atom stereocenters. The van der Waals surface area contributed by atoms with Crippen molar-refractivity contribution in [1.29, 1.82) is 0 Å². The Bertz CT molecular complexity index is 1100. The molecular weight excluding hydrogens is 440 g/mol. The topological polar surface area (TPSA) is 92.3 Å². The minimum absolute atomic E-state index is 0.0676. The first-order valence-corrected chi connectivity index (χ1v) is 12.4. The molecule has 0 bridgehead atoms. The van der Waals surface area contributed by atoms with Gasteiger partial charge in [-0.2, -0.15) is 0 Å². The fourth-order valence-corrected chi connectivity index (χ4v) is 6.52. The van der Waals surface area contributed by atoms with E-state index in [1.807, 2.05) is 12.1 Å². The molecule has 5 rings (SSSR count). The van der Waals surface area contributed by atoms with Crippen LogP contribution < -0.4 is 10.2 Å². The summed E-state index contributed by atoms with van der Waals surface area (Å²) in [5, 5.41) is 5.13. The number of benzene rings is 1. The Morgan fingerprint density at radius 1 is 1.20 bits per heavy atom. The predicted molar refractivity (Wildman–Crippen MR) is 119 cm³/mol. The van der Waals surface area contributed by atoms with Crippen molar-refractivity contribution in [3.8, 4) is 0 Å². The van der Waals surface area contributed by atoms with Gasteiger partial charge in [0.1, 0.15) is 0 Å². The summed E-state index contributed by atoms with van der Waals surface area (Å²) in [4.78, 5) is 47.7. The number of nitrogens with zero attached hydrogens (tertiary/aromatic N) is 3. The number of rotatable bonds is 5. The SMILES string of the molecule is O=C(CSc1nc2ccc(N3C(=O)[C@@H]4CCCC[C@H]4C3=O)cc2s1)Nc1nccs1. The summed E-state index contributed by atoms with van der Waals surface area (Å²) in [6, 6.07) is 5.49. The molecule has 1 aromatic carbocycles. The van der Waals surface area contributed by atoms with Crippen LogP contribution in [0, 0.1) is 11.8 Å². The first-order chi connectivity index (χ1) is 14.6. The highest BCUT2D eigenvalue weighted by molar-refractivity contribution is 8.01. The molecule has 1 aliphatic carbocycles. The van der Waals surface area contributed by atoms with Crippen molar-refractivity contribution in [2.75, 3.05) is 16.0 Å². The van der Waals surface area contributed by atoms with Gasteiger partial charge < -0.3 is 5.32 Å². The van der Waals surface area contributed by atoms with Crippen molar-refractivity contribution in [2.24, 2.45) is 11.8 Å². The van der Waals surface area contributed by atoms with E-state index in [-0.39, 0.29) is 35.3 Å². The lowest BCUT2D eigenvalue weighted by Crippen LogP contribution is -2.30. The molecule has 7 nitrogen and oxygen atoms in total. The molecule has 1 saturated carbocycles. The Morgan fingerprint density at radius 2 is 1.97 bits per heavy atom. The van der Waals surface area contributed by atoms with Gasteiger partial charge >= 0.3 is 0 Å². The summed E-state index contributed by atoms with van der Waals surface area (Å²) in [5.74, 6) is -0.356. The molecule has 3 heterocycles. The van der Waals surface area contributed by atoms with Crippen molar-refractivity contribution in [1.82, 2.24) is 9.97 Å². The van der Waals surface area contributed by atoms with Gasteiger partial charge in [0.05, 0.1) is 33.5 Å². The Labute approximate surface area is 184 Å². The standard InChI is InChI=1S/C20H18N4O3S3/c25-16(23-19-21-7-8-28-19)10-29-20-22-14-6-5-11(9-15(14)30-20)24-17(26)12-3-1-2-4-13(12)18(24)27/h5-9,12-13H,1-4,10H2,(H,21,23,25)/t12-,13-/m1/s1. The maximum atomic E-state index is 12.8. The van der Waals surface area contributed by atoms with Gasteiger partial charge in [0.25, 0.3) is 0 Å². The molecule has 3 aromatic rings. The zero-order chi connectivity index (χ0) is 20.7. The maximum Gasteiger partial charge on any atom is 0.237 e. The molecule has 2 aliphatic rings. The Kier molecular flexibility index (Phi) is 5.30. The second-order valence-electron chi connectivity index (χ2n) is 7.32. The second kappa shape index (κ2) is 8.09. The minimum Gasteiger partial charge on any atom is -0.301 e. The molecule has 3 amide bonds. The highest BCUT2D eigenvalue weighted by atomic mass is 32.2. The number of aromatic nitrogens is 2. The van der Waals surface area contributed by atoms with Crippen LogP contribution in [0.3, 0.4) is 0 Å². The van der Waals surface area contributed by atoms with Crippen LogP contribution in [0.5, 0.6) is 0 Å². The Morgan fingerprint density at radius 3 is 2.67 bits per heavy atom. The van der Waals surface area contributed by atoms with E-state index in [0.717, 1.165) is 40.2 Å². The van der Waals surface area contributed by atoms with Gasteiger partial charge in [-0.3, -0.25) is 19.3 Å². The van der Waals surface area contributed by atoms with E-state index in [9.17, 15) is 14.4 Å². The number of imide groups is 1. The number of hydrogen-bond acceptors (Lipinski definition) is 8. The van der Waals surface area contributed by atoms with Crippen LogP contribution in [0.15, 0.2) is 34.1 Å². The largest absolute Gasteiger partial charge is 0.301 e. The molecule has 1 N–H and O–H groups in total. The van der Waals surface area contributed by atoms with E-state index < -0.39 is 0 Å². The summed E-state index contributed by atoms with van der Waals surface area (Å²) in [7, 11) is 0. The van der Waals surface area contributed by atoms with Gasteiger partial charge in [-0.1, -0.05) is 24.6 Å². The van der Waals surface area contributed by atoms with Gasteiger partial charge in [0.15, 0.2) is 9.47 Å². The van der Waals surface area contributed by atoms with Crippen molar-refractivity contribution >= 4 is 73.2 Å². The van der Waals surface area contributed by atoms with Gasteiger partial charge in [0, 0.05) is 11.6 Å². The van der Waals surface area contributed by atoms with E-state index in [1.165, 1.54) is 39.3 Å². The third kappa shape index (κ3) is 3.63. The number of anilines is 2. The van der Waals surface area contributed by atoms with Crippen molar-refractivity contribution in [2.45, 2.75) is 30.0 Å². The van der Waals surface area contributed by atoms with Crippen molar-refractivity contribution < 1.29 is 14.4 Å². The smallest absolute Gasteiger partial charge is 0.237 e. The lowest BCUT2D eigenvalue weighted by Gasteiger charge is -2.19. The van der Waals surface area contributed by atoms with E-state index in [0.29, 0.717) is 10.8 Å². The molecule has 2 fully saturated rings. The highest BCUT2D eigenvalue weighted by Crippen LogP contribution is 2.41. The number of carbonyl (C=O) groups is 3. The van der Waals surface area contributed by atoms with Crippen LogP contribution in [-0.4, -0.2) is 33.4 Å². The quantitative estimate of drug-likeness (QED) is 0.456. The first-order valence-electron chi connectivity index (χ1n) is 9.71. The van der Waals surface area contributed by atoms with Crippen LogP contribution in [0.1, 0.15) is 25.7 Å². The number of fused-ring (bicyclic) bond motifs is 2. The molecule has 30 heavy (non-hydrogen) atoms. The average molecular weight is 459 g/mol. The zero-order valence-electron chi connectivity index (χ0n) is 15.9. The van der Waals surface area contributed by atoms with Crippen LogP contribution >= 0.6 is 34.4 Å². The lowest BCUT2D eigenvalue weighted by atomic mass is 9.81. The number of carbonyl (C=O) groups excluding carboxylic acids is 3. The lowest BCUT2D eigenvalue weighted by molar-refractivity contribution is -0.122. The fraction of sp³-hybridized carbons (Fsp3) is 0.350. The first kappa shape index (κ1) is 19.7. The van der Waals surface area contributed by atoms with Crippen molar-refractivity contribution in [3.05, 3.63) is 29.8 Å². The van der Waals surface area contributed by atoms with Crippen LogP contribution in [-0.2, 0) is 14.4 Å².